The Morgan fingerprint density at radius 1 is 1.05 bits per heavy atom. The van der Waals surface area contributed by atoms with Crippen molar-refractivity contribution in [3.8, 4) is 0 Å². The van der Waals surface area contributed by atoms with E-state index in [1.165, 1.54) is 32.1 Å². The van der Waals surface area contributed by atoms with Crippen molar-refractivity contribution >= 4 is 9.84 Å². The van der Waals surface area contributed by atoms with E-state index in [0.717, 1.165) is 13.0 Å². The maximum Gasteiger partial charge on any atom is 0.155 e. The summed E-state index contributed by atoms with van der Waals surface area (Å²) in [6.07, 6.45) is 7.16. The fraction of sp³-hybridized carbons (Fsp3) is 1.00. The van der Waals surface area contributed by atoms with Crippen LogP contribution in [0, 0.1) is 11.8 Å². The molecule has 1 rings (SSSR count). The predicted octanol–water partition coefficient (Wildman–Crippen LogP) is 3.01. The monoisotopic (exact) mass is 289 g/mol. The molecule has 0 aromatic heterocycles. The lowest BCUT2D eigenvalue weighted by molar-refractivity contribution is 0.297. The number of hydrogen-bond acceptors (Lipinski definition) is 3. The van der Waals surface area contributed by atoms with Gasteiger partial charge in [0.2, 0.25) is 0 Å². The minimum absolute atomic E-state index is 0.349. The first kappa shape index (κ1) is 17.0. The Kier molecular flexibility index (Phi) is 6.31. The Balaban J connectivity index is 2.62. The van der Waals surface area contributed by atoms with Crippen LogP contribution in [0.15, 0.2) is 0 Å². The van der Waals surface area contributed by atoms with E-state index in [0.29, 0.717) is 17.6 Å². The van der Waals surface area contributed by atoms with Crippen molar-refractivity contribution < 1.29 is 8.42 Å². The predicted molar refractivity (Wildman–Crippen MR) is 82.1 cm³/mol. The number of sulfone groups is 1. The number of rotatable bonds is 5. The zero-order valence-electron chi connectivity index (χ0n) is 13.0. The molecule has 1 saturated carbocycles. The molecule has 1 fully saturated rings. The van der Waals surface area contributed by atoms with Crippen molar-refractivity contribution in [1.29, 1.82) is 0 Å². The van der Waals surface area contributed by atoms with Gasteiger partial charge in [0.15, 0.2) is 9.84 Å². The van der Waals surface area contributed by atoms with Crippen molar-refractivity contribution in [2.24, 2.45) is 11.8 Å². The van der Waals surface area contributed by atoms with Gasteiger partial charge in [-0.1, -0.05) is 25.7 Å². The van der Waals surface area contributed by atoms with E-state index in [2.05, 4.69) is 5.32 Å². The molecule has 1 aliphatic carbocycles. The Bertz CT molecular complexity index is 357. The second kappa shape index (κ2) is 7.07. The molecule has 0 aliphatic heterocycles. The Hall–Kier alpha value is -0.0900. The molecule has 1 N–H and O–H groups in total. The molecule has 19 heavy (non-hydrogen) atoms. The van der Waals surface area contributed by atoms with Crippen molar-refractivity contribution in [2.45, 2.75) is 64.0 Å². The van der Waals surface area contributed by atoms with Gasteiger partial charge in [-0.3, -0.25) is 0 Å². The molecular formula is C15H31NO2S. The summed E-state index contributed by atoms with van der Waals surface area (Å²) < 4.78 is 23.8. The van der Waals surface area contributed by atoms with E-state index in [9.17, 15) is 8.42 Å². The first-order valence-electron chi connectivity index (χ1n) is 7.65. The molecule has 0 radical (unpaired) electrons. The van der Waals surface area contributed by atoms with Gasteiger partial charge in [-0.15, -0.1) is 0 Å². The molecule has 0 aromatic carbocycles. The third kappa shape index (κ3) is 5.07. The highest BCUT2D eigenvalue weighted by atomic mass is 32.2. The zero-order valence-corrected chi connectivity index (χ0v) is 13.9. The van der Waals surface area contributed by atoms with Crippen molar-refractivity contribution in [1.82, 2.24) is 5.32 Å². The standard InChI is InChI=1S/C15H31NO2S/c1-15(2,3)19(17,18)11-10-13-8-6-5-7-9-14(13)12-16-4/h13-14,16H,5-12H2,1-4H3. The van der Waals surface area contributed by atoms with Gasteiger partial charge in [-0.05, 0) is 59.0 Å². The molecule has 0 bridgehead atoms. The summed E-state index contributed by atoms with van der Waals surface area (Å²) in [6.45, 7) is 6.45. The SMILES string of the molecule is CNCC1CCCCCC1CCS(=O)(=O)C(C)(C)C. The molecule has 0 spiro atoms. The lowest BCUT2D eigenvalue weighted by Gasteiger charge is -2.27. The summed E-state index contributed by atoms with van der Waals surface area (Å²) >= 11 is 0. The summed E-state index contributed by atoms with van der Waals surface area (Å²) in [4.78, 5) is 0. The van der Waals surface area contributed by atoms with Crippen molar-refractivity contribution in [2.75, 3.05) is 19.3 Å². The first-order chi connectivity index (χ1) is 8.78. The highest BCUT2D eigenvalue weighted by Crippen LogP contribution is 2.32. The summed E-state index contributed by atoms with van der Waals surface area (Å²) in [7, 11) is -0.974. The second-order valence-electron chi connectivity index (χ2n) is 6.94. The van der Waals surface area contributed by atoms with Crippen molar-refractivity contribution in [3.63, 3.8) is 0 Å². The highest BCUT2D eigenvalue weighted by Gasteiger charge is 2.31. The molecular weight excluding hydrogens is 258 g/mol. The number of hydrogen-bond donors (Lipinski definition) is 1. The van der Waals surface area contributed by atoms with E-state index >= 15 is 0 Å². The zero-order chi connectivity index (χ0) is 14.5. The molecule has 1 aliphatic rings. The van der Waals surface area contributed by atoms with Crippen LogP contribution in [-0.2, 0) is 9.84 Å². The van der Waals surface area contributed by atoms with Gasteiger partial charge in [0, 0.05) is 0 Å². The topological polar surface area (TPSA) is 46.2 Å². The fourth-order valence-corrected chi connectivity index (χ4v) is 4.21. The molecule has 0 amide bonds. The maximum atomic E-state index is 12.2. The Labute approximate surface area is 119 Å². The lowest BCUT2D eigenvalue weighted by atomic mass is 9.86. The van der Waals surface area contributed by atoms with Crippen LogP contribution in [0.1, 0.15) is 59.3 Å². The first-order valence-corrected chi connectivity index (χ1v) is 9.30. The van der Waals surface area contributed by atoms with E-state index in [1.807, 2.05) is 7.05 Å². The average molecular weight is 289 g/mol. The van der Waals surface area contributed by atoms with Crippen LogP contribution in [0.2, 0.25) is 0 Å². The fourth-order valence-electron chi connectivity index (χ4n) is 2.98. The van der Waals surface area contributed by atoms with Crippen LogP contribution in [0.3, 0.4) is 0 Å². The lowest BCUT2D eigenvalue weighted by Crippen LogP contribution is -2.33. The summed E-state index contributed by atoms with van der Waals surface area (Å²) in [5.41, 5.74) is 0. The van der Waals surface area contributed by atoms with Gasteiger partial charge in [0.1, 0.15) is 0 Å². The highest BCUT2D eigenvalue weighted by molar-refractivity contribution is 7.92. The van der Waals surface area contributed by atoms with Crippen LogP contribution < -0.4 is 5.32 Å². The number of nitrogens with one attached hydrogen (secondary N) is 1. The molecule has 4 heteroatoms. The quantitative estimate of drug-likeness (QED) is 0.791. The molecule has 114 valence electrons. The van der Waals surface area contributed by atoms with Gasteiger partial charge in [0.05, 0.1) is 10.5 Å². The molecule has 0 heterocycles. The summed E-state index contributed by atoms with van der Waals surface area (Å²) in [6, 6.07) is 0. The van der Waals surface area contributed by atoms with Crippen LogP contribution >= 0.6 is 0 Å². The van der Waals surface area contributed by atoms with Crippen LogP contribution in [0.25, 0.3) is 0 Å². The van der Waals surface area contributed by atoms with E-state index < -0.39 is 14.6 Å². The largest absolute Gasteiger partial charge is 0.319 e. The maximum absolute atomic E-state index is 12.2. The summed E-state index contributed by atoms with van der Waals surface area (Å²) in [5.74, 6) is 1.58. The smallest absolute Gasteiger partial charge is 0.155 e. The minimum atomic E-state index is -2.97. The van der Waals surface area contributed by atoms with Gasteiger partial charge in [-0.25, -0.2) is 8.42 Å². The normalized spacial score (nSPS) is 26.1. The average Bonchev–Trinajstić information content (AvgIpc) is 2.51. The van der Waals surface area contributed by atoms with Crippen LogP contribution in [-0.4, -0.2) is 32.5 Å². The van der Waals surface area contributed by atoms with E-state index in [1.54, 1.807) is 20.8 Å². The van der Waals surface area contributed by atoms with E-state index in [4.69, 9.17) is 0 Å². The molecule has 0 saturated heterocycles. The Morgan fingerprint density at radius 2 is 1.63 bits per heavy atom. The van der Waals surface area contributed by atoms with Gasteiger partial charge in [-0.2, -0.15) is 0 Å². The van der Waals surface area contributed by atoms with Crippen LogP contribution in [0.4, 0.5) is 0 Å². The second-order valence-corrected chi connectivity index (χ2v) is 9.80. The van der Waals surface area contributed by atoms with Gasteiger partial charge in [0.25, 0.3) is 0 Å². The third-order valence-electron chi connectivity index (χ3n) is 4.47. The molecule has 0 aromatic rings. The van der Waals surface area contributed by atoms with E-state index in [-0.39, 0.29) is 0 Å². The molecule has 2 unspecified atom stereocenters. The Morgan fingerprint density at radius 3 is 2.16 bits per heavy atom. The van der Waals surface area contributed by atoms with Gasteiger partial charge >= 0.3 is 0 Å². The summed E-state index contributed by atoms with van der Waals surface area (Å²) in [5, 5.41) is 3.27. The molecule has 2 atom stereocenters. The molecule has 3 nitrogen and oxygen atoms in total. The minimum Gasteiger partial charge on any atom is -0.319 e. The third-order valence-corrected chi connectivity index (χ3v) is 7.11. The van der Waals surface area contributed by atoms with Gasteiger partial charge < -0.3 is 5.32 Å². The van der Waals surface area contributed by atoms with Crippen molar-refractivity contribution in [3.05, 3.63) is 0 Å². The van der Waals surface area contributed by atoms with Crippen LogP contribution in [0.5, 0.6) is 0 Å².